The number of nitrogens with two attached hydrogens (primary N) is 2. The number of hydrogen-bond acceptors (Lipinski definition) is 6. The van der Waals surface area contributed by atoms with Gasteiger partial charge in [0, 0.05) is 0 Å². The van der Waals surface area contributed by atoms with Crippen LogP contribution in [0.1, 0.15) is 26.7 Å². The van der Waals surface area contributed by atoms with E-state index in [1.807, 2.05) is 5.32 Å². The van der Waals surface area contributed by atoms with E-state index in [1.54, 1.807) is 13.8 Å². The minimum absolute atomic E-state index is 0.249. The van der Waals surface area contributed by atoms with Gasteiger partial charge in [0.05, 0.1) is 18.9 Å². The predicted octanol–water partition coefficient (Wildman–Crippen LogP) is -2.63. The summed E-state index contributed by atoms with van der Waals surface area (Å²) in [4.78, 5) is 56.6. The van der Waals surface area contributed by atoms with Crippen LogP contribution in [-0.4, -0.2) is 58.0 Å². The van der Waals surface area contributed by atoms with Crippen LogP contribution in [0.15, 0.2) is 0 Å². The molecule has 0 aromatic heterocycles. The van der Waals surface area contributed by atoms with Crippen LogP contribution in [0.25, 0.3) is 0 Å². The fourth-order valence-electron chi connectivity index (χ4n) is 1.63. The predicted molar refractivity (Wildman–Crippen MR) is 80.4 cm³/mol. The lowest BCUT2D eigenvalue weighted by atomic mass is 10.0. The molecule has 11 heteroatoms. The summed E-state index contributed by atoms with van der Waals surface area (Å²) in [6.07, 6.45) is -1.47. The molecule has 0 spiro atoms. The van der Waals surface area contributed by atoms with Crippen molar-refractivity contribution >= 4 is 29.7 Å². The first kappa shape index (κ1) is 21.3. The average Bonchev–Trinajstić information content (AvgIpc) is 2.43. The minimum Gasteiger partial charge on any atom is -0.481 e. The van der Waals surface area contributed by atoms with Gasteiger partial charge < -0.3 is 32.3 Å². The third-order valence-electron chi connectivity index (χ3n) is 3.05. The molecule has 0 aromatic carbocycles. The first-order chi connectivity index (χ1) is 11.0. The lowest BCUT2D eigenvalue weighted by molar-refractivity contribution is -0.147. The second kappa shape index (κ2) is 9.45. The molecule has 0 unspecified atom stereocenters. The van der Waals surface area contributed by atoms with E-state index in [0.29, 0.717) is 0 Å². The maximum atomic E-state index is 12.1. The second-order valence-electron chi connectivity index (χ2n) is 5.50. The van der Waals surface area contributed by atoms with E-state index in [2.05, 4.69) is 5.32 Å². The summed E-state index contributed by atoms with van der Waals surface area (Å²) in [5.41, 5.74) is 10.6. The summed E-state index contributed by atoms with van der Waals surface area (Å²) in [6.45, 7) is 3.33. The molecule has 0 radical (unpaired) electrons. The number of carbonyl (C=O) groups excluding carboxylic acids is 3. The quantitative estimate of drug-likeness (QED) is 0.246. The molecule has 3 atom stereocenters. The zero-order valence-corrected chi connectivity index (χ0v) is 13.3. The van der Waals surface area contributed by atoms with Gasteiger partial charge in [0.2, 0.25) is 17.7 Å². The Hall–Kier alpha value is -2.69. The first-order valence-corrected chi connectivity index (χ1v) is 7.04. The van der Waals surface area contributed by atoms with Crippen LogP contribution in [0.2, 0.25) is 0 Å². The SMILES string of the molecule is CC(C)[C@H](N)C(=O)N[C@@H](CC(N)=O)C(=O)N[C@@H](CC(=O)O)C(=O)O. The Morgan fingerprint density at radius 1 is 0.917 bits per heavy atom. The van der Waals surface area contributed by atoms with Crippen molar-refractivity contribution in [2.24, 2.45) is 17.4 Å². The molecule has 0 aliphatic carbocycles. The van der Waals surface area contributed by atoms with E-state index in [1.165, 1.54) is 0 Å². The molecule has 24 heavy (non-hydrogen) atoms. The summed E-state index contributed by atoms with van der Waals surface area (Å²) in [5.74, 6) is -5.96. The van der Waals surface area contributed by atoms with Crippen LogP contribution >= 0.6 is 0 Å². The molecule has 0 bridgehead atoms. The fraction of sp³-hybridized carbons (Fsp3) is 0.615. The van der Waals surface area contributed by atoms with E-state index < -0.39 is 60.6 Å². The largest absolute Gasteiger partial charge is 0.481 e. The minimum atomic E-state index is -1.72. The maximum absolute atomic E-state index is 12.1. The van der Waals surface area contributed by atoms with Crippen molar-refractivity contribution in [3.8, 4) is 0 Å². The van der Waals surface area contributed by atoms with Crippen molar-refractivity contribution in [3.05, 3.63) is 0 Å². The van der Waals surface area contributed by atoms with Gasteiger partial charge in [-0.05, 0) is 5.92 Å². The number of rotatable bonds is 10. The molecular formula is C13H22N4O7. The van der Waals surface area contributed by atoms with Gasteiger partial charge in [-0.25, -0.2) is 4.79 Å². The Kier molecular flexibility index (Phi) is 8.39. The number of amides is 3. The Morgan fingerprint density at radius 2 is 1.42 bits per heavy atom. The number of aliphatic carboxylic acids is 2. The third-order valence-corrected chi connectivity index (χ3v) is 3.05. The zero-order chi connectivity index (χ0) is 19.0. The number of primary amides is 1. The number of carbonyl (C=O) groups is 5. The van der Waals surface area contributed by atoms with Crippen LogP contribution < -0.4 is 22.1 Å². The molecule has 0 aromatic rings. The molecule has 11 nitrogen and oxygen atoms in total. The molecule has 0 heterocycles. The lowest BCUT2D eigenvalue weighted by Crippen LogP contribution is -2.56. The third kappa shape index (κ3) is 7.54. The topological polar surface area (TPSA) is 202 Å². The van der Waals surface area contributed by atoms with Crippen LogP contribution in [-0.2, 0) is 24.0 Å². The first-order valence-electron chi connectivity index (χ1n) is 7.04. The van der Waals surface area contributed by atoms with Gasteiger partial charge in [0.15, 0.2) is 0 Å². The Bertz CT molecular complexity index is 520. The average molecular weight is 346 g/mol. The van der Waals surface area contributed by atoms with Gasteiger partial charge in [-0.1, -0.05) is 13.8 Å². The molecule has 0 fully saturated rings. The molecule has 0 aliphatic heterocycles. The maximum Gasteiger partial charge on any atom is 0.326 e. The van der Waals surface area contributed by atoms with E-state index in [0.717, 1.165) is 0 Å². The highest BCUT2D eigenvalue weighted by Crippen LogP contribution is 2.02. The Labute approximate surface area is 137 Å². The molecule has 8 N–H and O–H groups in total. The fourth-order valence-corrected chi connectivity index (χ4v) is 1.63. The highest BCUT2D eigenvalue weighted by molar-refractivity contribution is 5.95. The van der Waals surface area contributed by atoms with E-state index in [-0.39, 0.29) is 5.92 Å². The molecule has 0 rings (SSSR count). The molecular weight excluding hydrogens is 324 g/mol. The summed E-state index contributed by atoms with van der Waals surface area (Å²) in [6, 6.07) is -4.14. The van der Waals surface area contributed by atoms with E-state index in [9.17, 15) is 24.0 Å². The Balaban J connectivity index is 5.11. The highest BCUT2D eigenvalue weighted by atomic mass is 16.4. The van der Waals surface area contributed by atoms with Gasteiger partial charge >= 0.3 is 11.9 Å². The summed E-state index contributed by atoms with van der Waals surface area (Å²) < 4.78 is 0. The number of nitrogens with one attached hydrogen (secondary N) is 2. The Morgan fingerprint density at radius 3 is 1.79 bits per heavy atom. The van der Waals surface area contributed by atoms with Gasteiger partial charge in [-0.3, -0.25) is 19.2 Å². The molecule has 3 amide bonds. The van der Waals surface area contributed by atoms with Crippen molar-refractivity contribution in [1.29, 1.82) is 0 Å². The van der Waals surface area contributed by atoms with Crippen molar-refractivity contribution in [2.75, 3.05) is 0 Å². The lowest BCUT2D eigenvalue weighted by Gasteiger charge is -2.22. The van der Waals surface area contributed by atoms with Gasteiger partial charge in [0.25, 0.3) is 0 Å². The van der Waals surface area contributed by atoms with Gasteiger partial charge in [-0.15, -0.1) is 0 Å². The second-order valence-corrected chi connectivity index (χ2v) is 5.50. The van der Waals surface area contributed by atoms with Crippen LogP contribution in [0, 0.1) is 5.92 Å². The summed E-state index contributed by atoms with van der Waals surface area (Å²) in [7, 11) is 0. The molecule has 0 aliphatic rings. The normalized spacial score (nSPS) is 14.3. The monoisotopic (exact) mass is 346 g/mol. The smallest absolute Gasteiger partial charge is 0.326 e. The standard InChI is InChI=1S/C13H22N4O7/c1-5(2)10(15)12(22)16-6(3-8(14)18)11(21)17-7(13(23)24)4-9(19)20/h5-7,10H,3-4,15H2,1-2H3,(H2,14,18)(H,16,22)(H,17,21)(H,19,20)(H,23,24)/t6-,7-,10-/m0/s1. The zero-order valence-electron chi connectivity index (χ0n) is 13.3. The number of hydrogen-bond donors (Lipinski definition) is 6. The van der Waals surface area contributed by atoms with Crippen molar-refractivity contribution in [2.45, 2.75) is 44.8 Å². The highest BCUT2D eigenvalue weighted by Gasteiger charge is 2.30. The van der Waals surface area contributed by atoms with E-state index in [4.69, 9.17) is 21.7 Å². The molecule has 0 saturated heterocycles. The van der Waals surface area contributed by atoms with Crippen LogP contribution in [0.4, 0.5) is 0 Å². The molecule has 136 valence electrons. The van der Waals surface area contributed by atoms with Crippen molar-refractivity contribution in [3.63, 3.8) is 0 Å². The van der Waals surface area contributed by atoms with Crippen molar-refractivity contribution in [1.82, 2.24) is 10.6 Å². The number of carboxylic acids is 2. The van der Waals surface area contributed by atoms with Gasteiger partial charge in [-0.2, -0.15) is 0 Å². The van der Waals surface area contributed by atoms with Crippen molar-refractivity contribution < 1.29 is 34.2 Å². The molecule has 0 saturated carbocycles. The summed E-state index contributed by atoms with van der Waals surface area (Å²) >= 11 is 0. The van der Waals surface area contributed by atoms with Crippen LogP contribution in [0.3, 0.4) is 0 Å². The number of carboxylic acid groups (broad SMARTS) is 2. The van der Waals surface area contributed by atoms with E-state index >= 15 is 0 Å². The van der Waals surface area contributed by atoms with Crippen LogP contribution in [0.5, 0.6) is 0 Å². The van der Waals surface area contributed by atoms with Gasteiger partial charge in [0.1, 0.15) is 12.1 Å². The summed E-state index contributed by atoms with van der Waals surface area (Å²) in [5, 5.41) is 21.7.